The number of aromatic nitrogens is 4. The molecule has 92 valence electrons. The van der Waals surface area contributed by atoms with Crippen molar-refractivity contribution in [2.24, 2.45) is 18.2 Å². The third-order valence-corrected chi connectivity index (χ3v) is 2.58. The lowest BCUT2D eigenvalue weighted by Gasteiger charge is -2.23. The topological polar surface area (TPSA) is 82.8 Å². The summed E-state index contributed by atoms with van der Waals surface area (Å²) in [5.41, 5.74) is 6.61. The fourth-order valence-corrected chi connectivity index (χ4v) is 1.37. The highest BCUT2D eigenvalue weighted by atomic mass is 16.5. The minimum Gasteiger partial charge on any atom is -0.337 e. The molecule has 2 aromatic rings. The Morgan fingerprint density at radius 2 is 2.12 bits per heavy atom. The van der Waals surface area contributed by atoms with Gasteiger partial charge in [0, 0.05) is 13.2 Å². The fourth-order valence-electron chi connectivity index (χ4n) is 1.37. The van der Waals surface area contributed by atoms with E-state index in [1.807, 2.05) is 40.1 Å². The molecule has 0 radical (unpaired) electrons. The molecule has 0 unspecified atom stereocenters. The molecule has 2 aromatic heterocycles. The first-order valence-corrected chi connectivity index (χ1v) is 5.47. The lowest BCUT2D eigenvalue weighted by molar-refractivity contribution is 0.253. The van der Waals surface area contributed by atoms with E-state index in [-0.39, 0.29) is 11.5 Å². The second-order valence-corrected chi connectivity index (χ2v) is 5.17. The Morgan fingerprint density at radius 1 is 1.41 bits per heavy atom. The molecule has 2 rings (SSSR count). The summed E-state index contributed by atoms with van der Waals surface area (Å²) in [4.78, 5) is 4.28. The molecule has 0 bridgehead atoms. The van der Waals surface area contributed by atoms with E-state index in [0.717, 1.165) is 0 Å². The minimum absolute atomic E-state index is 0.117. The van der Waals surface area contributed by atoms with Gasteiger partial charge >= 0.3 is 0 Å². The summed E-state index contributed by atoms with van der Waals surface area (Å²) < 4.78 is 6.87. The van der Waals surface area contributed by atoms with E-state index in [1.54, 1.807) is 4.68 Å². The number of hydrogen-bond donors (Lipinski definition) is 1. The number of hydrogen-bond acceptors (Lipinski definition) is 5. The summed E-state index contributed by atoms with van der Waals surface area (Å²) in [5, 5.41) is 8.10. The first kappa shape index (κ1) is 11.8. The molecule has 17 heavy (non-hydrogen) atoms. The number of rotatable bonds is 2. The maximum atomic E-state index is 6.05. The van der Waals surface area contributed by atoms with Crippen molar-refractivity contribution in [3.8, 4) is 11.5 Å². The molecular weight excluding hydrogens is 218 g/mol. The van der Waals surface area contributed by atoms with E-state index in [2.05, 4.69) is 15.2 Å². The summed E-state index contributed by atoms with van der Waals surface area (Å²) in [7, 11) is 1.84. The molecule has 0 saturated carbocycles. The van der Waals surface area contributed by atoms with E-state index in [4.69, 9.17) is 10.3 Å². The Balaban J connectivity index is 2.28. The van der Waals surface area contributed by atoms with E-state index < -0.39 is 0 Å². The van der Waals surface area contributed by atoms with Crippen LogP contribution in [0, 0.1) is 5.41 Å². The molecule has 2 heterocycles. The number of aryl methyl sites for hydroxylation is 1. The lowest BCUT2D eigenvalue weighted by Crippen LogP contribution is -2.26. The third-order valence-electron chi connectivity index (χ3n) is 2.58. The zero-order chi connectivity index (χ0) is 12.6. The highest BCUT2D eigenvalue weighted by molar-refractivity contribution is 5.46. The quantitative estimate of drug-likeness (QED) is 0.853. The zero-order valence-electron chi connectivity index (χ0n) is 10.5. The van der Waals surface area contributed by atoms with Gasteiger partial charge in [-0.25, -0.2) is 0 Å². The van der Waals surface area contributed by atoms with Gasteiger partial charge in [-0.3, -0.25) is 4.68 Å². The average molecular weight is 235 g/mol. The molecule has 1 atom stereocenters. The average Bonchev–Trinajstić information content (AvgIpc) is 2.83. The first-order valence-electron chi connectivity index (χ1n) is 5.47. The van der Waals surface area contributed by atoms with Gasteiger partial charge in [0.15, 0.2) is 0 Å². The summed E-state index contributed by atoms with van der Waals surface area (Å²) >= 11 is 0. The number of nitrogens with two attached hydrogens (primary N) is 1. The van der Waals surface area contributed by atoms with Crippen molar-refractivity contribution in [2.45, 2.75) is 26.8 Å². The summed E-state index contributed by atoms with van der Waals surface area (Å²) in [5.74, 6) is 0.915. The van der Waals surface area contributed by atoms with Gasteiger partial charge in [0.05, 0.1) is 6.04 Å². The normalized spacial score (nSPS) is 13.9. The van der Waals surface area contributed by atoms with Crippen molar-refractivity contribution in [3.63, 3.8) is 0 Å². The van der Waals surface area contributed by atoms with Crippen LogP contribution in [0.25, 0.3) is 11.5 Å². The second kappa shape index (κ2) is 3.96. The highest BCUT2D eigenvalue weighted by Gasteiger charge is 2.27. The molecule has 0 aromatic carbocycles. The SMILES string of the molecule is Cn1ccc(-c2noc([C@@H](N)C(C)(C)C)n2)n1. The van der Waals surface area contributed by atoms with Crippen LogP contribution in [0.2, 0.25) is 0 Å². The van der Waals surface area contributed by atoms with Gasteiger partial charge in [0.2, 0.25) is 11.7 Å². The van der Waals surface area contributed by atoms with Crippen LogP contribution in [0.15, 0.2) is 16.8 Å². The highest BCUT2D eigenvalue weighted by Crippen LogP contribution is 2.30. The van der Waals surface area contributed by atoms with E-state index >= 15 is 0 Å². The first-order chi connectivity index (χ1) is 7.88. The molecular formula is C11H17N5O. The van der Waals surface area contributed by atoms with Crippen molar-refractivity contribution in [1.82, 2.24) is 19.9 Å². The standard InChI is InChI=1S/C11H17N5O/c1-11(2,3)8(12)10-13-9(15-17-10)7-5-6-16(4)14-7/h5-6,8H,12H2,1-4H3/t8-/m1/s1. The van der Waals surface area contributed by atoms with Crippen molar-refractivity contribution in [3.05, 3.63) is 18.2 Å². The van der Waals surface area contributed by atoms with Crippen LogP contribution >= 0.6 is 0 Å². The summed E-state index contributed by atoms with van der Waals surface area (Å²) in [6, 6.07) is 1.55. The van der Waals surface area contributed by atoms with Crippen LogP contribution < -0.4 is 5.73 Å². The van der Waals surface area contributed by atoms with Gasteiger partial charge < -0.3 is 10.3 Å². The Kier molecular flexibility index (Phi) is 2.74. The lowest BCUT2D eigenvalue weighted by atomic mass is 9.87. The molecule has 0 aliphatic carbocycles. The van der Waals surface area contributed by atoms with Gasteiger partial charge in [0.25, 0.3) is 0 Å². The molecule has 0 aliphatic rings. The van der Waals surface area contributed by atoms with Crippen molar-refractivity contribution < 1.29 is 4.52 Å². The molecule has 6 heteroatoms. The summed E-state index contributed by atoms with van der Waals surface area (Å²) in [6.45, 7) is 6.09. The minimum atomic E-state index is -0.285. The molecule has 0 fully saturated rings. The smallest absolute Gasteiger partial charge is 0.244 e. The largest absolute Gasteiger partial charge is 0.337 e. The van der Waals surface area contributed by atoms with Gasteiger partial charge in [-0.15, -0.1) is 0 Å². The fraction of sp³-hybridized carbons (Fsp3) is 0.545. The monoisotopic (exact) mass is 235 g/mol. The molecule has 6 nitrogen and oxygen atoms in total. The van der Waals surface area contributed by atoms with Crippen LogP contribution in [0.3, 0.4) is 0 Å². The van der Waals surface area contributed by atoms with E-state index in [9.17, 15) is 0 Å². The van der Waals surface area contributed by atoms with Gasteiger partial charge in [-0.1, -0.05) is 25.9 Å². The maximum Gasteiger partial charge on any atom is 0.244 e. The third kappa shape index (κ3) is 2.36. The van der Waals surface area contributed by atoms with Crippen molar-refractivity contribution in [1.29, 1.82) is 0 Å². The molecule has 2 N–H and O–H groups in total. The van der Waals surface area contributed by atoms with Crippen LogP contribution in [-0.2, 0) is 7.05 Å². The van der Waals surface area contributed by atoms with Gasteiger partial charge in [0.1, 0.15) is 5.69 Å². The Labute approximate surface area is 99.8 Å². The van der Waals surface area contributed by atoms with Crippen LogP contribution in [-0.4, -0.2) is 19.9 Å². The van der Waals surface area contributed by atoms with Crippen LogP contribution in [0.5, 0.6) is 0 Å². The number of nitrogens with zero attached hydrogens (tertiary/aromatic N) is 4. The van der Waals surface area contributed by atoms with Crippen LogP contribution in [0.1, 0.15) is 32.7 Å². The zero-order valence-corrected chi connectivity index (χ0v) is 10.5. The Hall–Kier alpha value is -1.69. The molecule has 0 spiro atoms. The predicted molar refractivity (Wildman–Crippen MR) is 62.9 cm³/mol. The summed E-state index contributed by atoms with van der Waals surface area (Å²) in [6.07, 6.45) is 1.83. The Bertz CT molecular complexity index is 508. The maximum absolute atomic E-state index is 6.05. The van der Waals surface area contributed by atoms with E-state index in [1.165, 1.54) is 0 Å². The second-order valence-electron chi connectivity index (χ2n) is 5.17. The van der Waals surface area contributed by atoms with Crippen LogP contribution in [0.4, 0.5) is 0 Å². The predicted octanol–water partition coefficient (Wildman–Crippen LogP) is 1.52. The van der Waals surface area contributed by atoms with Gasteiger partial charge in [-0.2, -0.15) is 10.1 Å². The molecule has 0 amide bonds. The van der Waals surface area contributed by atoms with E-state index in [0.29, 0.717) is 17.4 Å². The Morgan fingerprint density at radius 3 is 2.65 bits per heavy atom. The molecule has 0 aliphatic heterocycles. The van der Waals surface area contributed by atoms with Gasteiger partial charge in [-0.05, 0) is 11.5 Å². The molecule has 0 saturated heterocycles. The van der Waals surface area contributed by atoms with Crippen molar-refractivity contribution >= 4 is 0 Å². The van der Waals surface area contributed by atoms with Crippen molar-refractivity contribution in [2.75, 3.05) is 0 Å².